The molecule has 3 aromatic carbocycles. The highest BCUT2D eigenvalue weighted by Crippen LogP contribution is 2.26. The van der Waals surface area contributed by atoms with Gasteiger partial charge in [0.05, 0.1) is 35.9 Å². The van der Waals surface area contributed by atoms with Crippen molar-refractivity contribution in [2.24, 2.45) is 0 Å². The molecule has 0 heterocycles. The summed E-state index contributed by atoms with van der Waals surface area (Å²) in [6, 6.07) is 17.5. The van der Waals surface area contributed by atoms with Crippen molar-refractivity contribution in [3.8, 4) is 0 Å². The van der Waals surface area contributed by atoms with Crippen LogP contribution in [0.5, 0.6) is 0 Å². The lowest BCUT2D eigenvalue weighted by Crippen LogP contribution is -2.38. The zero-order chi connectivity index (χ0) is 25.6. The van der Waals surface area contributed by atoms with Crippen LogP contribution < -0.4 is 9.62 Å². The van der Waals surface area contributed by atoms with E-state index in [0.717, 1.165) is 4.31 Å². The van der Waals surface area contributed by atoms with Crippen LogP contribution in [-0.2, 0) is 24.3 Å². The maximum Gasteiger partial charge on any atom is 0.337 e. The zero-order valence-corrected chi connectivity index (χ0v) is 20.3. The molecule has 3 aromatic rings. The van der Waals surface area contributed by atoms with E-state index >= 15 is 0 Å². The van der Waals surface area contributed by atoms with Gasteiger partial charge in [-0.1, -0.05) is 35.9 Å². The van der Waals surface area contributed by atoms with E-state index in [2.05, 4.69) is 14.8 Å². The standard InChI is InChI=1S/C24H21ClN2O7S/c1-33-23(29)16-11-17(24(30)34-2)13-19(12-16)26-22(28)15-27(20-8-6-7-18(25)14-20)35(31,32)21-9-4-3-5-10-21/h3-14H,15H2,1-2H3,(H,26,28). The van der Waals surface area contributed by atoms with Gasteiger partial charge in [-0.05, 0) is 48.5 Å². The molecular formula is C24H21ClN2O7S. The lowest BCUT2D eigenvalue weighted by molar-refractivity contribution is -0.114. The number of esters is 2. The summed E-state index contributed by atoms with van der Waals surface area (Å²) in [5.41, 5.74) is 0.236. The molecule has 3 rings (SSSR count). The molecule has 0 atom stereocenters. The Hall–Kier alpha value is -3.89. The summed E-state index contributed by atoms with van der Waals surface area (Å²) in [6.07, 6.45) is 0. The molecule has 0 saturated carbocycles. The van der Waals surface area contributed by atoms with Gasteiger partial charge in [0.15, 0.2) is 0 Å². The van der Waals surface area contributed by atoms with Crippen LogP contribution in [-0.4, -0.2) is 47.0 Å². The Morgan fingerprint density at radius 3 is 2.00 bits per heavy atom. The second-order valence-corrected chi connectivity index (χ2v) is 9.43. The number of nitrogens with one attached hydrogen (secondary N) is 1. The monoisotopic (exact) mass is 516 g/mol. The molecule has 0 unspecified atom stereocenters. The topological polar surface area (TPSA) is 119 Å². The van der Waals surface area contributed by atoms with E-state index in [1.807, 2.05) is 0 Å². The Bertz CT molecular complexity index is 1330. The summed E-state index contributed by atoms with van der Waals surface area (Å²) in [5, 5.41) is 2.81. The van der Waals surface area contributed by atoms with Crippen LogP contribution in [0.15, 0.2) is 77.7 Å². The number of ether oxygens (including phenoxy) is 2. The van der Waals surface area contributed by atoms with Crippen molar-refractivity contribution in [1.29, 1.82) is 0 Å². The van der Waals surface area contributed by atoms with Gasteiger partial charge >= 0.3 is 11.9 Å². The van der Waals surface area contributed by atoms with Crippen LogP contribution >= 0.6 is 11.6 Å². The van der Waals surface area contributed by atoms with Crippen molar-refractivity contribution >= 4 is 50.8 Å². The first-order valence-corrected chi connectivity index (χ1v) is 11.9. The number of methoxy groups -OCH3 is 2. The van der Waals surface area contributed by atoms with Gasteiger partial charge in [0.1, 0.15) is 6.54 Å². The number of hydrogen-bond acceptors (Lipinski definition) is 7. The van der Waals surface area contributed by atoms with Gasteiger partial charge in [-0.2, -0.15) is 0 Å². The quantitative estimate of drug-likeness (QED) is 0.453. The molecule has 9 nitrogen and oxygen atoms in total. The zero-order valence-electron chi connectivity index (χ0n) is 18.7. The van der Waals surface area contributed by atoms with Crippen LogP contribution in [0.4, 0.5) is 11.4 Å². The first-order chi connectivity index (χ1) is 16.6. The van der Waals surface area contributed by atoms with Crippen LogP contribution in [0, 0.1) is 0 Å². The molecule has 35 heavy (non-hydrogen) atoms. The molecule has 0 aliphatic heterocycles. The minimum atomic E-state index is -4.14. The molecule has 182 valence electrons. The number of anilines is 2. The average Bonchev–Trinajstić information content (AvgIpc) is 2.86. The fourth-order valence-electron chi connectivity index (χ4n) is 3.17. The average molecular weight is 517 g/mol. The Labute approximate surface area is 207 Å². The maximum atomic E-state index is 13.4. The van der Waals surface area contributed by atoms with Crippen molar-refractivity contribution in [3.63, 3.8) is 0 Å². The summed E-state index contributed by atoms with van der Waals surface area (Å²) < 4.78 is 37.0. The lowest BCUT2D eigenvalue weighted by Gasteiger charge is -2.24. The van der Waals surface area contributed by atoms with Crippen LogP contribution in [0.3, 0.4) is 0 Å². The van der Waals surface area contributed by atoms with Gasteiger partial charge in [-0.15, -0.1) is 0 Å². The smallest absolute Gasteiger partial charge is 0.337 e. The molecule has 0 aromatic heterocycles. The van der Waals surface area contributed by atoms with Gasteiger partial charge in [0.2, 0.25) is 5.91 Å². The lowest BCUT2D eigenvalue weighted by atomic mass is 10.1. The van der Waals surface area contributed by atoms with E-state index in [-0.39, 0.29) is 32.4 Å². The SMILES string of the molecule is COC(=O)c1cc(NC(=O)CN(c2cccc(Cl)c2)S(=O)(=O)c2ccccc2)cc(C(=O)OC)c1. The summed E-state index contributed by atoms with van der Waals surface area (Å²) in [4.78, 5) is 37.0. The molecular weight excluding hydrogens is 496 g/mol. The number of carbonyl (C=O) groups is 3. The molecule has 1 amide bonds. The van der Waals surface area contributed by atoms with E-state index in [4.69, 9.17) is 11.6 Å². The number of nitrogens with zero attached hydrogens (tertiary/aromatic N) is 1. The minimum absolute atomic E-state index is 0.00527. The Kier molecular flexibility index (Phi) is 8.10. The number of hydrogen-bond donors (Lipinski definition) is 1. The summed E-state index contributed by atoms with van der Waals surface area (Å²) in [7, 11) is -1.80. The van der Waals surface area contributed by atoms with Crippen molar-refractivity contribution in [2.75, 3.05) is 30.4 Å². The minimum Gasteiger partial charge on any atom is -0.465 e. The molecule has 0 spiro atoms. The molecule has 0 saturated heterocycles. The summed E-state index contributed by atoms with van der Waals surface area (Å²) in [6.45, 7) is -0.617. The summed E-state index contributed by atoms with van der Waals surface area (Å²) >= 11 is 6.06. The number of amides is 1. The molecule has 0 bridgehead atoms. The second-order valence-electron chi connectivity index (χ2n) is 7.13. The van der Waals surface area contributed by atoms with E-state index in [1.54, 1.807) is 30.3 Å². The summed E-state index contributed by atoms with van der Waals surface area (Å²) in [5.74, 6) is -2.21. The maximum absolute atomic E-state index is 13.4. The van der Waals surface area contributed by atoms with Crippen molar-refractivity contribution in [3.05, 3.63) is 88.9 Å². The highest BCUT2D eigenvalue weighted by molar-refractivity contribution is 7.92. The highest BCUT2D eigenvalue weighted by Gasteiger charge is 2.27. The van der Waals surface area contributed by atoms with Gasteiger partial charge in [-0.3, -0.25) is 9.10 Å². The van der Waals surface area contributed by atoms with Crippen molar-refractivity contribution < 1.29 is 32.3 Å². The predicted molar refractivity (Wildman–Crippen MR) is 130 cm³/mol. The van der Waals surface area contributed by atoms with Crippen LogP contribution in [0.2, 0.25) is 5.02 Å². The number of halogens is 1. The molecule has 1 N–H and O–H groups in total. The number of sulfonamides is 1. The van der Waals surface area contributed by atoms with Crippen LogP contribution in [0.1, 0.15) is 20.7 Å². The highest BCUT2D eigenvalue weighted by atomic mass is 35.5. The normalized spacial score (nSPS) is 10.8. The fourth-order valence-corrected chi connectivity index (χ4v) is 4.79. The van der Waals surface area contributed by atoms with Gasteiger partial charge < -0.3 is 14.8 Å². The second kappa shape index (κ2) is 11.0. The van der Waals surface area contributed by atoms with Gasteiger partial charge in [0.25, 0.3) is 10.0 Å². The Morgan fingerprint density at radius 2 is 1.46 bits per heavy atom. The molecule has 11 heteroatoms. The van der Waals surface area contributed by atoms with Gasteiger partial charge in [-0.25, -0.2) is 18.0 Å². The first kappa shape index (κ1) is 25.7. The molecule has 0 aliphatic rings. The molecule has 0 fully saturated rings. The third-order valence-corrected chi connectivity index (χ3v) is 6.80. The Balaban J connectivity index is 1.97. The van der Waals surface area contributed by atoms with Crippen LogP contribution in [0.25, 0.3) is 0 Å². The predicted octanol–water partition coefficient (Wildman–Crippen LogP) is 3.75. The molecule has 0 aliphatic carbocycles. The van der Waals surface area contributed by atoms with Crippen molar-refractivity contribution in [1.82, 2.24) is 0 Å². The largest absolute Gasteiger partial charge is 0.465 e. The van der Waals surface area contributed by atoms with E-state index in [9.17, 15) is 22.8 Å². The molecule has 0 radical (unpaired) electrons. The van der Waals surface area contributed by atoms with E-state index in [0.29, 0.717) is 0 Å². The third kappa shape index (κ3) is 6.17. The number of carbonyl (C=O) groups excluding carboxylic acids is 3. The van der Waals surface area contributed by atoms with Crippen molar-refractivity contribution in [2.45, 2.75) is 4.90 Å². The fraction of sp³-hybridized carbons (Fsp3) is 0.125. The number of benzene rings is 3. The van der Waals surface area contributed by atoms with E-state index in [1.165, 1.54) is 56.7 Å². The van der Waals surface area contributed by atoms with E-state index < -0.39 is 34.4 Å². The Morgan fingerprint density at radius 1 is 0.857 bits per heavy atom. The van der Waals surface area contributed by atoms with Gasteiger partial charge in [0, 0.05) is 10.7 Å². The number of rotatable bonds is 8. The first-order valence-electron chi connectivity index (χ1n) is 10.1. The third-order valence-electron chi connectivity index (χ3n) is 4.77.